The second-order valence-electron chi connectivity index (χ2n) is 9.87. The number of ether oxygens (including phenoxy) is 1. The number of carbonyl (C=O) groups is 3. The molecule has 4 rings (SSSR count). The molecule has 2 N–H and O–H groups in total. The number of amides is 1. The number of nitrogens with one attached hydrogen (secondary N) is 1. The predicted molar refractivity (Wildman–Crippen MR) is 142 cm³/mol. The number of benzene rings is 3. The van der Waals surface area contributed by atoms with Gasteiger partial charge in [-0.2, -0.15) is 0 Å². The van der Waals surface area contributed by atoms with E-state index in [1.54, 1.807) is 0 Å². The lowest BCUT2D eigenvalue weighted by Gasteiger charge is -2.30. The molecule has 6 nitrogen and oxygen atoms in total. The monoisotopic (exact) mass is 499 g/mol. The first-order valence-electron chi connectivity index (χ1n) is 12.8. The second-order valence-corrected chi connectivity index (χ2v) is 9.87. The van der Waals surface area contributed by atoms with E-state index in [1.807, 2.05) is 84.9 Å². The zero-order valence-electron chi connectivity index (χ0n) is 20.9. The number of hydrogen-bond acceptors (Lipinski definition) is 4. The van der Waals surface area contributed by atoms with Crippen molar-refractivity contribution in [2.45, 2.75) is 57.1 Å². The fourth-order valence-corrected chi connectivity index (χ4v) is 5.03. The maximum atomic E-state index is 13.0. The van der Waals surface area contributed by atoms with Gasteiger partial charge in [-0.3, -0.25) is 14.4 Å². The molecule has 0 heterocycles. The van der Waals surface area contributed by atoms with Gasteiger partial charge in [-0.15, -0.1) is 0 Å². The minimum atomic E-state index is -1.01. The van der Waals surface area contributed by atoms with Crippen LogP contribution in [-0.2, 0) is 32.1 Å². The highest BCUT2D eigenvalue weighted by Crippen LogP contribution is 2.33. The quantitative estimate of drug-likeness (QED) is 0.338. The Morgan fingerprint density at radius 1 is 0.811 bits per heavy atom. The molecule has 1 aliphatic carbocycles. The van der Waals surface area contributed by atoms with E-state index in [1.165, 1.54) is 0 Å². The van der Waals surface area contributed by atoms with Crippen LogP contribution in [0.25, 0.3) is 11.1 Å². The molecule has 1 fully saturated rings. The lowest BCUT2D eigenvalue weighted by molar-refractivity contribution is -0.148. The van der Waals surface area contributed by atoms with E-state index in [4.69, 9.17) is 4.74 Å². The van der Waals surface area contributed by atoms with E-state index >= 15 is 0 Å². The van der Waals surface area contributed by atoms with Gasteiger partial charge in [0.1, 0.15) is 6.61 Å². The number of rotatable bonds is 11. The third-order valence-electron chi connectivity index (χ3n) is 7.01. The van der Waals surface area contributed by atoms with Gasteiger partial charge in [-0.1, -0.05) is 97.8 Å². The van der Waals surface area contributed by atoms with Crippen molar-refractivity contribution in [2.75, 3.05) is 0 Å². The molecule has 0 aliphatic heterocycles. The Balaban J connectivity index is 1.34. The molecule has 1 atom stereocenters. The summed E-state index contributed by atoms with van der Waals surface area (Å²) in [5.41, 5.74) is 3.23. The smallest absolute Gasteiger partial charge is 0.308 e. The number of carboxylic acids is 1. The standard InChI is InChI=1S/C31H33NO5/c33-28(32-31(17-7-8-18-31)21-29(34)37-22-24-9-3-1-4-10-24)20-27(30(35)36)19-23-13-15-26(16-14-23)25-11-5-2-6-12-25/h1-6,9-16,27H,7-8,17-22H2,(H,32,33)(H,35,36). The van der Waals surface area contributed by atoms with Crippen LogP contribution in [0.15, 0.2) is 84.9 Å². The van der Waals surface area contributed by atoms with Crippen LogP contribution < -0.4 is 5.32 Å². The average Bonchev–Trinajstić information content (AvgIpc) is 3.36. The van der Waals surface area contributed by atoms with Gasteiger partial charge in [0.25, 0.3) is 0 Å². The molecule has 1 aliphatic rings. The van der Waals surface area contributed by atoms with E-state index in [0.29, 0.717) is 12.8 Å². The van der Waals surface area contributed by atoms with E-state index in [0.717, 1.165) is 35.1 Å². The third-order valence-corrected chi connectivity index (χ3v) is 7.01. The molecule has 0 aromatic heterocycles. The topological polar surface area (TPSA) is 92.7 Å². The fourth-order valence-electron chi connectivity index (χ4n) is 5.03. The van der Waals surface area contributed by atoms with Crippen LogP contribution in [0, 0.1) is 5.92 Å². The summed E-state index contributed by atoms with van der Waals surface area (Å²) in [6.45, 7) is 0.188. The van der Waals surface area contributed by atoms with Gasteiger partial charge >= 0.3 is 11.9 Å². The summed E-state index contributed by atoms with van der Waals surface area (Å²) in [4.78, 5) is 37.6. The second kappa shape index (κ2) is 12.3. The Kier molecular flexibility index (Phi) is 8.72. The molecule has 0 saturated heterocycles. The van der Waals surface area contributed by atoms with Crippen molar-refractivity contribution in [2.24, 2.45) is 5.92 Å². The van der Waals surface area contributed by atoms with Crippen molar-refractivity contribution in [1.82, 2.24) is 5.32 Å². The van der Waals surface area contributed by atoms with Crippen LogP contribution in [0.3, 0.4) is 0 Å². The van der Waals surface area contributed by atoms with Gasteiger partial charge in [0.05, 0.1) is 17.9 Å². The summed E-state index contributed by atoms with van der Waals surface area (Å²) in [5, 5.41) is 12.8. The summed E-state index contributed by atoms with van der Waals surface area (Å²) >= 11 is 0. The lowest BCUT2D eigenvalue weighted by Crippen LogP contribution is -2.48. The molecule has 1 saturated carbocycles. The van der Waals surface area contributed by atoms with Crippen LogP contribution in [0.5, 0.6) is 0 Å². The number of hydrogen-bond donors (Lipinski definition) is 2. The first-order chi connectivity index (χ1) is 17.9. The highest BCUT2D eigenvalue weighted by Gasteiger charge is 2.38. The Bertz CT molecular complexity index is 1190. The minimum absolute atomic E-state index is 0.0876. The Morgan fingerprint density at radius 3 is 2.03 bits per heavy atom. The normalized spacial score (nSPS) is 15.0. The van der Waals surface area contributed by atoms with Crippen LogP contribution in [-0.4, -0.2) is 28.5 Å². The van der Waals surface area contributed by atoms with E-state index in [-0.39, 0.29) is 37.7 Å². The van der Waals surface area contributed by atoms with Crippen molar-refractivity contribution in [3.05, 3.63) is 96.1 Å². The summed E-state index contributed by atoms with van der Waals surface area (Å²) in [5.74, 6) is -2.57. The van der Waals surface area contributed by atoms with Gasteiger partial charge in [-0.05, 0) is 41.5 Å². The molecule has 1 amide bonds. The molecule has 1 unspecified atom stereocenters. The van der Waals surface area contributed by atoms with Gasteiger partial charge in [0.2, 0.25) is 5.91 Å². The number of esters is 1. The van der Waals surface area contributed by atoms with Crippen LogP contribution in [0.4, 0.5) is 0 Å². The molecule has 3 aromatic carbocycles. The highest BCUT2D eigenvalue weighted by molar-refractivity contribution is 5.83. The summed E-state index contributed by atoms with van der Waals surface area (Å²) in [7, 11) is 0. The average molecular weight is 500 g/mol. The third kappa shape index (κ3) is 7.53. The lowest BCUT2D eigenvalue weighted by atomic mass is 9.91. The zero-order chi connectivity index (χ0) is 26.1. The number of carbonyl (C=O) groups excluding carboxylic acids is 2. The molecule has 6 heteroatoms. The van der Waals surface area contributed by atoms with E-state index < -0.39 is 17.4 Å². The summed E-state index contributed by atoms with van der Waals surface area (Å²) < 4.78 is 5.45. The first-order valence-corrected chi connectivity index (χ1v) is 12.8. The molecular formula is C31H33NO5. The predicted octanol–water partition coefficient (Wildman–Crippen LogP) is 5.55. The van der Waals surface area contributed by atoms with Crippen molar-refractivity contribution in [3.8, 4) is 11.1 Å². The van der Waals surface area contributed by atoms with Gasteiger partial charge < -0.3 is 15.2 Å². The summed E-state index contributed by atoms with van der Waals surface area (Å²) in [6, 6.07) is 27.2. The SMILES string of the molecule is O=C(CC(Cc1ccc(-c2ccccc2)cc1)C(=O)O)NC1(CC(=O)OCc2ccccc2)CCCC1. The molecule has 0 spiro atoms. The van der Waals surface area contributed by atoms with Gasteiger partial charge in [-0.25, -0.2) is 0 Å². The number of aliphatic carboxylic acids is 1. The largest absolute Gasteiger partial charge is 0.481 e. The Labute approximate surface area is 217 Å². The van der Waals surface area contributed by atoms with Crippen molar-refractivity contribution >= 4 is 17.8 Å². The van der Waals surface area contributed by atoms with Crippen molar-refractivity contribution < 1.29 is 24.2 Å². The Hall–Kier alpha value is -3.93. The maximum Gasteiger partial charge on any atom is 0.308 e. The van der Waals surface area contributed by atoms with Crippen LogP contribution in [0.2, 0.25) is 0 Å². The zero-order valence-corrected chi connectivity index (χ0v) is 20.9. The fraction of sp³-hybridized carbons (Fsp3) is 0.323. The highest BCUT2D eigenvalue weighted by atomic mass is 16.5. The summed E-state index contributed by atoms with van der Waals surface area (Å²) in [6.07, 6.45) is 3.37. The van der Waals surface area contributed by atoms with Gasteiger partial charge in [0.15, 0.2) is 0 Å². The number of carboxylic acid groups (broad SMARTS) is 1. The van der Waals surface area contributed by atoms with Crippen molar-refractivity contribution in [1.29, 1.82) is 0 Å². The van der Waals surface area contributed by atoms with Crippen molar-refractivity contribution in [3.63, 3.8) is 0 Å². The first kappa shape index (κ1) is 26.1. The molecule has 0 bridgehead atoms. The molecule has 37 heavy (non-hydrogen) atoms. The molecule has 192 valence electrons. The Morgan fingerprint density at radius 2 is 1.41 bits per heavy atom. The molecule has 0 radical (unpaired) electrons. The van der Waals surface area contributed by atoms with E-state index in [2.05, 4.69) is 5.32 Å². The molecular weight excluding hydrogens is 466 g/mol. The van der Waals surface area contributed by atoms with Crippen LogP contribution >= 0.6 is 0 Å². The maximum absolute atomic E-state index is 13.0. The van der Waals surface area contributed by atoms with Gasteiger partial charge in [0, 0.05) is 6.42 Å². The minimum Gasteiger partial charge on any atom is -0.481 e. The molecule has 3 aromatic rings. The van der Waals surface area contributed by atoms with Crippen LogP contribution in [0.1, 0.15) is 49.7 Å². The van der Waals surface area contributed by atoms with E-state index in [9.17, 15) is 19.5 Å².